The molecule has 0 unspecified atom stereocenters. The molecule has 0 heterocycles. The highest BCUT2D eigenvalue weighted by atomic mass is 35.5. The second-order valence-electron chi connectivity index (χ2n) is 4.44. The number of hydrogen-bond donors (Lipinski definition) is 1. The second kappa shape index (κ2) is 5.05. The van der Waals surface area contributed by atoms with Gasteiger partial charge in [0, 0.05) is 22.9 Å². The van der Waals surface area contributed by atoms with Gasteiger partial charge >= 0.3 is 0 Å². The zero-order valence-electron chi connectivity index (χ0n) is 9.10. The Kier molecular flexibility index (Phi) is 3.86. The highest BCUT2D eigenvalue weighted by molar-refractivity contribution is 6.36. The molecule has 0 aliphatic heterocycles. The van der Waals surface area contributed by atoms with E-state index in [0.717, 1.165) is 12.8 Å². The minimum Gasteiger partial charge on any atom is -0.351 e. The minimum absolute atomic E-state index is 0.107. The quantitative estimate of drug-likeness (QED) is 0.842. The van der Waals surface area contributed by atoms with E-state index in [1.54, 1.807) is 18.2 Å². The van der Waals surface area contributed by atoms with Gasteiger partial charge in [-0.1, -0.05) is 23.2 Å². The van der Waals surface area contributed by atoms with Crippen molar-refractivity contribution in [3.8, 4) is 0 Å². The normalized spacial score (nSPS) is 16.6. The third kappa shape index (κ3) is 3.06. The van der Waals surface area contributed by atoms with Crippen LogP contribution in [-0.2, 0) is 0 Å². The number of carbonyl (C=O) groups is 1. The molecule has 2 rings (SSSR count). The predicted molar refractivity (Wildman–Crippen MR) is 71.2 cm³/mol. The van der Waals surface area contributed by atoms with Gasteiger partial charge in [-0.3, -0.25) is 4.79 Å². The van der Waals surface area contributed by atoms with Crippen molar-refractivity contribution < 1.29 is 4.79 Å². The van der Waals surface area contributed by atoms with Crippen LogP contribution in [0.2, 0.25) is 10.0 Å². The maximum Gasteiger partial charge on any atom is 0.252 e. The van der Waals surface area contributed by atoms with E-state index >= 15 is 0 Å². The highest BCUT2D eigenvalue weighted by Crippen LogP contribution is 2.45. The number of rotatable bonds is 4. The molecule has 1 N–H and O–H groups in total. The molecule has 0 spiro atoms. The van der Waals surface area contributed by atoms with Crippen LogP contribution < -0.4 is 5.32 Å². The van der Waals surface area contributed by atoms with E-state index in [-0.39, 0.29) is 11.3 Å². The smallest absolute Gasteiger partial charge is 0.252 e. The predicted octanol–water partition coefficient (Wildman–Crippen LogP) is 3.74. The van der Waals surface area contributed by atoms with E-state index in [0.29, 0.717) is 28.0 Å². The van der Waals surface area contributed by atoms with Crippen molar-refractivity contribution in [2.75, 3.05) is 12.4 Å². The van der Waals surface area contributed by atoms with E-state index in [1.165, 1.54) is 0 Å². The second-order valence-corrected chi connectivity index (χ2v) is 5.55. The summed E-state index contributed by atoms with van der Waals surface area (Å²) in [5.74, 6) is 0.407. The van der Waals surface area contributed by atoms with Crippen molar-refractivity contribution in [1.29, 1.82) is 0 Å². The van der Waals surface area contributed by atoms with Crippen LogP contribution in [0.15, 0.2) is 18.2 Å². The topological polar surface area (TPSA) is 29.1 Å². The number of halogens is 3. The van der Waals surface area contributed by atoms with Crippen molar-refractivity contribution in [3.05, 3.63) is 33.8 Å². The maximum absolute atomic E-state index is 11.9. The summed E-state index contributed by atoms with van der Waals surface area (Å²) in [6, 6.07) is 4.84. The molecule has 1 aliphatic carbocycles. The fraction of sp³-hybridized carbons (Fsp3) is 0.417. The molecule has 17 heavy (non-hydrogen) atoms. The van der Waals surface area contributed by atoms with E-state index in [4.69, 9.17) is 34.8 Å². The van der Waals surface area contributed by atoms with Gasteiger partial charge in [0.25, 0.3) is 5.91 Å². The average Bonchev–Trinajstić information content (AvgIpc) is 3.07. The summed E-state index contributed by atoms with van der Waals surface area (Å²) in [5, 5.41) is 3.75. The van der Waals surface area contributed by atoms with Crippen LogP contribution in [-0.4, -0.2) is 18.3 Å². The van der Waals surface area contributed by atoms with Crippen LogP contribution in [0, 0.1) is 5.41 Å². The van der Waals surface area contributed by atoms with E-state index in [2.05, 4.69) is 5.32 Å². The van der Waals surface area contributed by atoms with Gasteiger partial charge in [0.15, 0.2) is 0 Å². The van der Waals surface area contributed by atoms with E-state index in [9.17, 15) is 4.79 Å². The molecule has 5 heteroatoms. The number of benzene rings is 1. The van der Waals surface area contributed by atoms with Crippen LogP contribution in [0.3, 0.4) is 0 Å². The van der Waals surface area contributed by atoms with Crippen LogP contribution in [0.25, 0.3) is 0 Å². The van der Waals surface area contributed by atoms with Crippen molar-refractivity contribution in [2.45, 2.75) is 12.8 Å². The Morgan fingerprint density at radius 2 is 2.06 bits per heavy atom. The fourth-order valence-corrected chi connectivity index (χ4v) is 2.43. The monoisotopic (exact) mass is 291 g/mol. The summed E-state index contributed by atoms with van der Waals surface area (Å²) in [7, 11) is 0. The Hall–Kier alpha value is -0.440. The minimum atomic E-state index is -0.178. The Bertz CT molecular complexity index is 443. The van der Waals surface area contributed by atoms with E-state index in [1.807, 2.05) is 0 Å². The molecule has 2 nitrogen and oxygen atoms in total. The number of carbonyl (C=O) groups excluding carboxylic acids is 1. The molecule has 1 fully saturated rings. The zero-order valence-corrected chi connectivity index (χ0v) is 11.4. The van der Waals surface area contributed by atoms with Crippen LogP contribution in [0.1, 0.15) is 23.2 Å². The Morgan fingerprint density at radius 1 is 1.35 bits per heavy atom. The summed E-state index contributed by atoms with van der Waals surface area (Å²) in [5.41, 5.74) is 0.553. The first-order valence-corrected chi connectivity index (χ1v) is 6.65. The van der Waals surface area contributed by atoms with Gasteiger partial charge in [-0.15, -0.1) is 11.6 Å². The summed E-state index contributed by atoms with van der Waals surface area (Å²) < 4.78 is 0. The molecule has 0 radical (unpaired) electrons. The summed E-state index contributed by atoms with van der Waals surface area (Å²) in [6.45, 7) is 0.605. The molecule has 92 valence electrons. The van der Waals surface area contributed by atoms with Gasteiger partial charge in [0.1, 0.15) is 0 Å². The van der Waals surface area contributed by atoms with Crippen LogP contribution in [0.4, 0.5) is 0 Å². The van der Waals surface area contributed by atoms with Gasteiger partial charge in [-0.25, -0.2) is 0 Å². The number of nitrogens with one attached hydrogen (secondary N) is 1. The van der Waals surface area contributed by atoms with Crippen molar-refractivity contribution in [3.63, 3.8) is 0 Å². The molecule has 1 aromatic rings. The average molecular weight is 293 g/mol. The molecule has 1 aromatic carbocycles. The third-order valence-electron chi connectivity index (χ3n) is 3.04. The lowest BCUT2D eigenvalue weighted by atomic mass is 10.1. The first-order valence-electron chi connectivity index (χ1n) is 5.36. The van der Waals surface area contributed by atoms with Crippen molar-refractivity contribution >= 4 is 40.7 Å². The number of amides is 1. The Balaban J connectivity index is 2.00. The van der Waals surface area contributed by atoms with Crippen molar-refractivity contribution in [1.82, 2.24) is 5.32 Å². The first-order chi connectivity index (χ1) is 8.06. The fourth-order valence-electron chi connectivity index (χ4n) is 1.57. The van der Waals surface area contributed by atoms with Gasteiger partial charge in [0.05, 0.1) is 10.6 Å². The molecular weight excluding hydrogens is 280 g/mol. The molecule has 0 aromatic heterocycles. The molecule has 1 amide bonds. The standard InChI is InChI=1S/C12H12Cl3NO/c13-6-12(3-4-12)7-16-11(17)9-2-1-8(14)5-10(9)15/h1-2,5H,3-4,6-7H2,(H,16,17). The summed E-state index contributed by atoms with van der Waals surface area (Å²) in [4.78, 5) is 11.9. The SMILES string of the molecule is O=C(NCC1(CCl)CC1)c1ccc(Cl)cc1Cl. The van der Waals surface area contributed by atoms with Crippen LogP contribution in [0.5, 0.6) is 0 Å². The largest absolute Gasteiger partial charge is 0.351 e. The molecule has 0 bridgehead atoms. The zero-order chi connectivity index (χ0) is 12.5. The third-order valence-corrected chi connectivity index (χ3v) is 4.16. The van der Waals surface area contributed by atoms with Gasteiger partial charge in [-0.05, 0) is 31.0 Å². The summed E-state index contributed by atoms with van der Waals surface area (Å²) in [6.07, 6.45) is 2.15. The van der Waals surface area contributed by atoms with Gasteiger partial charge in [-0.2, -0.15) is 0 Å². The molecule has 0 saturated heterocycles. The van der Waals surface area contributed by atoms with Gasteiger partial charge in [0.2, 0.25) is 0 Å². The van der Waals surface area contributed by atoms with E-state index < -0.39 is 0 Å². The Morgan fingerprint density at radius 3 is 2.59 bits per heavy atom. The van der Waals surface area contributed by atoms with Gasteiger partial charge < -0.3 is 5.32 Å². The lowest BCUT2D eigenvalue weighted by Gasteiger charge is -2.13. The molecular formula is C12H12Cl3NO. The summed E-state index contributed by atoms with van der Waals surface area (Å²) >= 11 is 17.6. The number of alkyl halides is 1. The Labute approximate surface area is 115 Å². The molecule has 1 aliphatic rings. The van der Waals surface area contributed by atoms with Crippen molar-refractivity contribution in [2.24, 2.45) is 5.41 Å². The molecule has 0 atom stereocenters. The molecule has 1 saturated carbocycles. The lowest BCUT2D eigenvalue weighted by Crippen LogP contribution is -2.31. The highest BCUT2D eigenvalue weighted by Gasteiger charge is 2.41. The maximum atomic E-state index is 11.9. The van der Waals surface area contributed by atoms with Crippen LogP contribution >= 0.6 is 34.8 Å². The number of hydrogen-bond acceptors (Lipinski definition) is 1. The first kappa shape index (κ1) is 13.0. The lowest BCUT2D eigenvalue weighted by molar-refractivity contribution is 0.0946.